The van der Waals surface area contributed by atoms with E-state index in [0.717, 1.165) is 37.1 Å². The van der Waals surface area contributed by atoms with Crippen LogP contribution in [0.3, 0.4) is 0 Å². The second kappa shape index (κ2) is 8.07. The van der Waals surface area contributed by atoms with Crippen molar-refractivity contribution in [2.75, 3.05) is 18.8 Å². The molecule has 30 heavy (non-hydrogen) atoms. The number of nitrogens with zero attached hydrogens (tertiary/aromatic N) is 1. The molecule has 0 aliphatic carbocycles. The van der Waals surface area contributed by atoms with Crippen LogP contribution in [0, 0.1) is 0 Å². The molecule has 0 amide bonds. The van der Waals surface area contributed by atoms with E-state index in [0.29, 0.717) is 5.56 Å². The standard InChI is InChI=1S/C22H23F3N2O2S/c23-22(24,25)15-30(28,29)14-16-4-3-5-17(10-16)18-8-9-27(12-18)13-19-11-26-21-7-2-1-6-20(19)21/h1-7,10-11,18,26H,8-9,12-15H2. The molecule has 1 N–H and O–H groups in total. The zero-order valence-corrected chi connectivity index (χ0v) is 17.1. The molecule has 1 aromatic heterocycles. The van der Waals surface area contributed by atoms with Crippen molar-refractivity contribution < 1.29 is 21.6 Å². The van der Waals surface area contributed by atoms with Crippen molar-refractivity contribution in [3.05, 3.63) is 71.4 Å². The summed E-state index contributed by atoms with van der Waals surface area (Å²) < 4.78 is 61.2. The first kappa shape index (κ1) is 20.9. The number of aromatic nitrogens is 1. The molecule has 0 radical (unpaired) electrons. The molecule has 3 aromatic rings. The predicted molar refractivity (Wildman–Crippen MR) is 111 cm³/mol. The number of fused-ring (bicyclic) bond motifs is 1. The molecule has 1 atom stereocenters. The van der Waals surface area contributed by atoms with Gasteiger partial charge in [0.15, 0.2) is 9.84 Å². The monoisotopic (exact) mass is 436 g/mol. The van der Waals surface area contributed by atoms with Gasteiger partial charge in [0, 0.05) is 30.2 Å². The minimum Gasteiger partial charge on any atom is -0.361 e. The van der Waals surface area contributed by atoms with Gasteiger partial charge in [-0.1, -0.05) is 42.5 Å². The number of nitrogens with one attached hydrogen (secondary N) is 1. The van der Waals surface area contributed by atoms with Crippen LogP contribution in [-0.2, 0) is 22.1 Å². The van der Waals surface area contributed by atoms with Gasteiger partial charge in [-0.2, -0.15) is 13.2 Å². The number of hydrogen-bond acceptors (Lipinski definition) is 3. The van der Waals surface area contributed by atoms with Gasteiger partial charge in [-0.3, -0.25) is 4.90 Å². The lowest BCUT2D eigenvalue weighted by Gasteiger charge is -2.16. The normalized spacial score (nSPS) is 18.3. The van der Waals surface area contributed by atoms with E-state index in [9.17, 15) is 21.6 Å². The molecule has 1 fully saturated rings. The van der Waals surface area contributed by atoms with Crippen molar-refractivity contribution in [3.8, 4) is 0 Å². The first-order chi connectivity index (χ1) is 14.2. The van der Waals surface area contributed by atoms with E-state index in [1.54, 1.807) is 18.2 Å². The number of para-hydroxylation sites is 1. The van der Waals surface area contributed by atoms with Gasteiger partial charge in [0.2, 0.25) is 0 Å². The maximum atomic E-state index is 12.5. The van der Waals surface area contributed by atoms with E-state index >= 15 is 0 Å². The van der Waals surface area contributed by atoms with Gasteiger partial charge in [-0.25, -0.2) is 8.42 Å². The highest BCUT2D eigenvalue weighted by atomic mass is 32.2. The first-order valence-electron chi connectivity index (χ1n) is 9.82. The summed E-state index contributed by atoms with van der Waals surface area (Å²) in [7, 11) is -4.24. The smallest absolute Gasteiger partial charge is 0.361 e. The van der Waals surface area contributed by atoms with Crippen molar-refractivity contribution in [2.45, 2.75) is 30.8 Å². The second-order valence-electron chi connectivity index (χ2n) is 7.97. The van der Waals surface area contributed by atoms with Crippen molar-refractivity contribution >= 4 is 20.7 Å². The Kier molecular flexibility index (Phi) is 5.63. The van der Waals surface area contributed by atoms with E-state index in [1.807, 2.05) is 30.5 Å². The molecule has 2 heterocycles. The fourth-order valence-corrected chi connectivity index (χ4v) is 5.53. The Morgan fingerprint density at radius 1 is 1.10 bits per heavy atom. The Morgan fingerprint density at radius 3 is 2.70 bits per heavy atom. The number of sulfone groups is 1. The Morgan fingerprint density at radius 2 is 1.90 bits per heavy atom. The fraction of sp³-hybridized carbons (Fsp3) is 0.364. The van der Waals surface area contributed by atoms with Gasteiger partial charge in [-0.05, 0) is 41.6 Å². The average Bonchev–Trinajstić information content (AvgIpc) is 3.27. The summed E-state index contributed by atoms with van der Waals surface area (Å²) >= 11 is 0. The largest absolute Gasteiger partial charge is 0.402 e. The number of rotatable bonds is 6. The van der Waals surface area contributed by atoms with E-state index in [4.69, 9.17) is 0 Å². The number of benzene rings is 2. The van der Waals surface area contributed by atoms with Crippen LogP contribution in [0.15, 0.2) is 54.7 Å². The lowest BCUT2D eigenvalue weighted by molar-refractivity contribution is -0.106. The van der Waals surface area contributed by atoms with Crippen LogP contribution in [0.1, 0.15) is 29.0 Å². The molecule has 1 unspecified atom stereocenters. The van der Waals surface area contributed by atoms with Crippen LogP contribution < -0.4 is 0 Å². The van der Waals surface area contributed by atoms with Crippen molar-refractivity contribution in [1.29, 1.82) is 0 Å². The number of aromatic amines is 1. The SMILES string of the molecule is O=S(=O)(Cc1cccc(C2CCN(Cc3c[nH]c4ccccc34)C2)c1)CC(F)(F)F. The summed E-state index contributed by atoms with van der Waals surface area (Å²) in [4.78, 5) is 5.64. The number of hydrogen-bond donors (Lipinski definition) is 1. The van der Waals surface area contributed by atoms with Gasteiger partial charge < -0.3 is 4.98 Å². The molecule has 4 rings (SSSR count). The zero-order valence-electron chi connectivity index (χ0n) is 16.3. The Labute approximate surface area is 173 Å². The minimum absolute atomic E-state index is 0.237. The highest BCUT2D eigenvalue weighted by Gasteiger charge is 2.35. The number of alkyl halides is 3. The Bertz CT molecular complexity index is 1140. The van der Waals surface area contributed by atoms with Gasteiger partial charge in [0.1, 0.15) is 5.75 Å². The summed E-state index contributed by atoms with van der Waals surface area (Å²) in [5.74, 6) is -2.14. The van der Waals surface area contributed by atoms with E-state index in [2.05, 4.69) is 16.0 Å². The molecule has 1 saturated heterocycles. The lowest BCUT2D eigenvalue weighted by Crippen LogP contribution is -2.24. The van der Waals surface area contributed by atoms with Crippen LogP contribution in [0.5, 0.6) is 0 Å². The van der Waals surface area contributed by atoms with Gasteiger partial charge in [0.05, 0.1) is 5.75 Å². The van der Waals surface area contributed by atoms with Gasteiger partial charge in [-0.15, -0.1) is 0 Å². The van der Waals surface area contributed by atoms with Crippen LogP contribution in [0.4, 0.5) is 13.2 Å². The molecule has 0 spiro atoms. The molecule has 1 aliphatic rings. The van der Waals surface area contributed by atoms with E-state index in [-0.39, 0.29) is 5.92 Å². The van der Waals surface area contributed by atoms with Crippen molar-refractivity contribution in [1.82, 2.24) is 9.88 Å². The third-order valence-electron chi connectivity index (χ3n) is 5.53. The lowest BCUT2D eigenvalue weighted by atomic mass is 9.97. The van der Waals surface area contributed by atoms with E-state index in [1.165, 1.54) is 10.9 Å². The van der Waals surface area contributed by atoms with Crippen LogP contribution >= 0.6 is 0 Å². The summed E-state index contributed by atoms with van der Waals surface area (Å²) in [6, 6.07) is 15.1. The minimum atomic E-state index is -4.72. The predicted octanol–water partition coefficient (Wildman–Crippen LogP) is 4.63. The third kappa shape index (κ3) is 5.05. The summed E-state index contributed by atoms with van der Waals surface area (Å²) in [6.07, 6.45) is -1.75. The number of H-pyrrole nitrogens is 1. The molecule has 0 saturated carbocycles. The number of likely N-dealkylation sites (tertiary alicyclic amines) is 1. The molecule has 8 heteroatoms. The highest BCUT2D eigenvalue weighted by molar-refractivity contribution is 7.90. The van der Waals surface area contributed by atoms with Crippen LogP contribution in [-0.4, -0.2) is 43.3 Å². The molecule has 2 aromatic carbocycles. The summed E-state index contributed by atoms with van der Waals surface area (Å²) in [6.45, 7) is 2.57. The quantitative estimate of drug-likeness (QED) is 0.613. The molecule has 1 aliphatic heterocycles. The molecule has 0 bridgehead atoms. The average molecular weight is 436 g/mol. The Balaban J connectivity index is 1.42. The van der Waals surface area contributed by atoms with Crippen molar-refractivity contribution in [3.63, 3.8) is 0 Å². The molecule has 4 nitrogen and oxygen atoms in total. The maximum absolute atomic E-state index is 12.5. The Hall–Kier alpha value is -2.32. The maximum Gasteiger partial charge on any atom is 0.402 e. The highest BCUT2D eigenvalue weighted by Crippen LogP contribution is 2.30. The third-order valence-corrected chi connectivity index (χ3v) is 7.07. The molecular formula is C22H23F3N2O2S. The van der Waals surface area contributed by atoms with Crippen LogP contribution in [0.2, 0.25) is 0 Å². The fourth-order valence-electron chi connectivity index (χ4n) is 4.24. The topological polar surface area (TPSA) is 53.2 Å². The molecule has 160 valence electrons. The van der Waals surface area contributed by atoms with Gasteiger partial charge in [0.25, 0.3) is 0 Å². The van der Waals surface area contributed by atoms with Crippen LogP contribution in [0.25, 0.3) is 10.9 Å². The van der Waals surface area contributed by atoms with Crippen molar-refractivity contribution in [2.24, 2.45) is 0 Å². The summed E-state index contributed by atoms with van der Waals surface area (Å²) in [5.41, 5.74) is 3.73. The van der Waals surface area contributed by atoms with E-state index < -0.39 is 27.5 Å². The number of halogens is 3. The first-order valence-corrected chi connectivity index (χ1v) is 11.6. The zero-order chi connectivity index (χ0) is 21.4. The molecular weight excluding hydrogens is 413 g/mol. The van der Waals surface area contributed by atoms with Gasteiger partial charge >= 0.3 is 6.18 Å². The summed E-state index contributed by atoms with van der Waals surface area (Å²) in [5, 5.41) is 1.21. The second-order valence-corrected chi connectivity index (χ2v) is 10.0.